The number of nitrogens with two attached hydrogens (primary N) is 1. The lowest BCUT2D eigenvalue weighted by atomic mass is 9.92. The second kappa shape index (κ2) is 4.60. The van der Waals surface area contributed by atoms with Crippen molar-refractivity contribution >= 4 is 21.8 Å². The number of carbonyl (C=O) groups is 1. The first-order valence-corrected chi connectivity index (χ1v) is 5.41. The minimum atomic E-state index is -0.252. The summed E-state index contributed by atoms with van der Waals surface area (Å²) in [6.07, 6.45) is 0.748. The third-order valence-electron chi connectivity index (χ3n) is 2.36. The van der Waals surface area contributed by atoms with Crippen LogP contribution in [0.2, 0.25) is 0 Å². The number of amides is 1. The molecule has 14 heavy (non-hydrogen) atoms. The van der Waals surface area contributed by atoms with Gasteiger partial charge in [0.05, 0.1) is 5.92 Å². The largest absolute Gasteiger partial charge is 0.369 e. The van der Waals surface area contributed by atoms with Crippen molar-refractivity contribution in [2.24, 2.45) is 5.73 Å². The van der Waals surface area contributed by atoms with Gasteiger partial charge in [0, 0.05) is 4.47 Å². The average molecular weight is 256 g/mol. The van der Waals surface area contributed by atoms with Gasteiger partial charge in [-0.3, -0.25) is 4.79 Å². The van der Waals surface area contributed by atoms with Gasteiger partial charge in [-0.2, -0.15) is 0 Å². The van der Waals surface area contributed by atoms with E-state index in [9.17, 15) is 4.79 Å². The molecule has 0 fully saturated rings. The highest BCUT2D eigenvalue weighted by Gasteiger charge is 2.17. The lowest BCUT2D eigenvalue weighted by Crippen LogP contribution is -2.21. The van der Waals surface area contributed by atoms with Gasteiger partial charge in [0.15, 0.2) is 0 Å². The van der Waals surface area contributed by atoms with E-state index in [0.29, 0.717) is 0 Å². The summed E-state index contributed by atoms with van der Waals surface area (Å²) in [5.74, 6) is -0.416. The van der Waals surface area contributed by atoms with Crippen molar-refractivity contribution in [3.63, 3.8) is 0 Å². The van der Waals surface area contributed by atoms with Gasteiger partial charge in [-0.1, -0.05) is 28.9 Å². The predicted octanol–water partition coefficient (Wildman–Crippen LogP) is 2.74. The lowest BCUT2D eigenvalue weighted by Gasteiger charge is -2.14. The van der Waals surface area contributed by atoms with Crippen molar-refractivity contribution < 1.29 is 4.79 Å². The van der Waals surface area contributed by atoms with E-state index in [4.69, 9.17) is 5.73 Å². The predicted molar refractivity (Wildman–Crippen MR) is 61.1 cm³/mol. The Kier molecular flexibility index (Phi) is 3.69. The summed E-state index contributed by atoms with van der Waals surface area (Å²) in [4.78, 5) is 11.2. The first-order valence-electron chi connectivity index (χ1n) is 4.61. The van der Waals surface area contributed by atoms with Crippen molar-refractivity contribution in [2.75, 3.05) is 0 Å². The second-order valence-electron chi connectivity index (χ2n) is 3.36. The molecule has 1 atom stereocenters. The molecule has 1 rings (SSSR count). The SMILES string of the molecule is CCC(C(N)=O)c1ccc(Br)cc1C. The van der Waals surface area contributed by atoms with Crippen molar-refractivity contribution in [2.45, 2.75) is 26.2 Å². The van der Waals surface area contributed by atoms with E-state index in [0.717, 1.165) is 22.0 Å². The molecule has 0 radical (unpaired) electrons. The Morgan fingerprint density at radius 3 is 2.64 bits per heavy atom. The Morgan fingerprint density at radius 2 is 2.21 bits per heavy atom. The fourth-order valence-electron chi connectivity index (χ4n) is 1.60. The number of primary amides is 1. The third kappa shape index (κ3) is 2.35. The standard InChI is InChI=1S/C11H14BrNO/c1-3-9(11(13)14)10-5-4-8(12)6-7(10)2/h4-6,9H,3H2,1-2H3,(H2,13,14). The molecular formula is C11H14BrNO. The molecule has 0 saturated heterocycles. The van der Waals surface area contributed by atoms with Crippen LogP contribution in [0.25, 0.3) is 0 Å². The maximum Gasteiger partial charge on any atom is 0.224 e. The number of carbonyl (C=O) groups excluding carboxylic acids is 1. The van der Waals surface area contributed by atoms with Crippen LogP contribution in [-0.2, 0) is 4.79 Å². The fourth-order valence-corrected chi connectivity index (χ4v) is 2.08. The summed E-state index contributed by atoms with van der Waals surface area (Å²) in [5, 5.41) is 0. The quantitative estimate of drug-likeness (QED) is 0.887. The van der Waals surface area contributed by atoms with Crippen LogP contribution in [0.15, 0.2) is 22.7 Å². The van der Waals surface area contributed by atoms with Crippen molar-refractivity contribution in [3.8, 4) is 0 Å². The van der Waals surface area contributed by atoms with Gasteiger partial charge in [-0.25, -0.2) is 0 Å². The van der Waals surface area contributed by atoms with Crippen LogP contribution in [0, 0.1) is 6.92 Å². The first-order chi connectivity index (χ1) is 6.56. The molecule has 1 amide bonds. The fraction of sp³-hybridized carbons (Fsp3) is 0.364. The molecule has 2 nitrogen and oxygen atoms in total. The van der Waals surface area contributed by atoms with Crippen molar-refractivity contribution in [1.82, 2.24) is 0 Å². The summed E-state index contributed by atoms with van der Waals surface area (Å²) in [6, 6.07) is 5.90. The topological polar surface area (TPSA) is 43.1 Å². The summed E-state index contributed by atoms with van der Waals surface area (Å²) in [6.45, 7) is 3.96. The summed E-state index contributed by atoms with van der Waals surface area (Å²) in [7, 11) is 0. The van der Waals surface area contributed by atoms with E-state index in [1.165, 1.54) is 0 Å². The van der Waals surface area contributed by atoms with Gasteiger partial charge in [0.2, 0.25) is 5.91 Å². The molecule has 1 unspecified atom stereocenters. The Balaban J connectivity index is 3.10. The van der Waals surface area contributed by atoms with Gasteiger partial charge in [0.1, 0.15) is 0 Å². The number of benzene rings is 1. The zero-order valence-electron chi connectivity index (χ0n) is 8.38. The smallest absolute Gasteiger partial charge is 0.224 e. The van der Waals surface area contributed by atoms with Crippen LogP contribution in [0.4, 0.5) is 0 Å². The normalized spacial score (nSPS) is 12.5. The van der Waals surface area contributed by atoms with Gasteiger partial charge >= 0.3 is 0 Å². The first kappa shape index (κ1) is 11.2. The maximum absolute atomic E-state index is 11.2. The monoisotopic (exact) mass is 255 g/mol. The van der Waals surface area contributed by atoms with Crippen molar-refractivity contribution in [3.05, 3.63) is 33.8 Å². The van der Waals surface area contributed by atoms with Crippen LogP contribution in [0.1, 0.15) is 30.4 Å². The van der Waals surface area contributed by atoms with Crippen LogP contribution >= 0.6 is 15.9 Å². The molecule has 0 aliphatic carbocycles. The van der Waals surface area contributed by atoms with Crippen LogP contribution < -0.4 is 5.73 Å². The second-order valence-corrected chi connectivity index (χ2v) is 4.28. The zero-order chi connectivity index (χ0) is 10.7. The van der Waals surface area contributed by atoms with Crippen molar-refractivity contribution in [1.29, 1.82) is 0 Å². The maximum atomic E-state index is 11.2. The van der Waals surface area contributed by atoms with E-state index >= 15 is 0 Å². The molecule has 0 aromatic heterocycles. The zero-order valence-corrected chi connectivity index (χ0v) is 9.97. The number of hydrogen-bond acceptors (Lipinski definition) is 1. The molecule has 0 spiro atoms. The Hall–Kier alpha value is -0.830. The van der Waals surface area contributed by atoms with E-state index in [1.807, 2.05) is 32.0 Å². The number of halogens is 1. The van der Waals surface area contributed by atoms with E-state index in [-0.39, 0.29) is 11.8 Å². The number of hydrogen-bond donors (Lipinski definition) is 1. The Labute approximate surface area is 92.6 Å². The minimum Gasteiger partial charge on any atom is -0.369 e. The van der Waals surface area contributed by atoms with E-state index < -0.39 is 0 Å². The average Bonchev–Trinajstić information content (AvgIpc) is 2.09. The molecule has 1 aromatic rings. The van der Waals surface area contributed by atoms with Crippen LogP contribution in [0.3, 0.4) is 0 Å². The molecule has 0 bridgehead atoms. The molecule has 1 aromatic carbocycles. The molecule has 2 N–H and O–H groups in total. The highest BCUT2D eigenvalue weighted by atomic mass is 79.9. The summed E-state index contributed by atoms with van der Waals surface area (Å²) < 4.78 is 1.03. The molecule has 0 heterocycles. The minimum absolute atomic E-state index is 0.164. The molecule has 3 heteroatoms. The number of rotatable bonds is 3. The third-order valence-corrected chi connectivity index (χ3v) is 2.85. The molecule has 76 valence electrons. The lowest BCUT2D eigenvalue weighted by molar-refractivity contribution is -0.119. The summed E-state index contributed by atoms with van der Waals surface area (Å²) in [5.41, 5.74) is 7.47. The van der Waals surface area contributed by atoms with Gasteiger partial charge in [0.25, 0.3) is 0 Å². The Bertz CT molecular complexity index is 349. The highest BCUT2D eigenvalue weighted by Crippen LogP contribution is 2.25. The molecular weight excluding hydrogens is 242 g/mol. The summed E-state index contributed by atoms with van der Waals surface area (Å²) >= 11 is 3.39. The Morgan fingerprint density at radius 1 is 1.57 bits per heavy atom. The van der Waals surface area contributed by atoms with Gasteiger partial charge < -0.3 is 5.73 Å². The molecule has 0 aliphatic rings. The van der Waals surface area contributed by atoms with Crippen LogP contribution in [-0.4, -0.2) is 5.91 Å². The molecule has 0 saturated carbocycles. The number of aryl methyl sites for hydroxylation is 1. The van der Waals surface area contributed by atoms with Crippen LogP contribution in [0.5, 0.6) is 0 Å². The van der Waals surface area contributed by atoms with Gasteiger partial charge in [-0.05, 0) is 36.6 Å². The van der Waals surface area contributed by atoms with E-state index in [1.54, 1.807) is 0 Å². The molecule has 0 aliphatic heterocycles. The highest BCUT2D eigenvalue weighted by molar-refractivity contribution is 9.10. The van der Waals surface area contributed by atoms with E-state index in [2.05, 4.69) is 15.9 Å². The van der Waals surface area contributed by atoms with Gasteiger partial charge in [-0.15, -0.1) is 0 Å².